The summed E-state index contributed by atoms with van der Waals surface area (Å²) >= 11 is 0. The molecule has 0 unspecified atom stereocenters. The fourth-order valence-electron chi connectivity index (χ4n) is 5.53. The quantitative estimate of drug-likeness (QED) is 0.254. The van der Waals surface area contributed by atoms with Crippen molar-refractivity contribution in [3.05, 3.63) is 133 Å². The number of fused-ring (bicyclic) bond motifs is 6. The van der Waals surface area contributed by atoms with E-state index in [1.807, 2.05) is 54.8 Å². The molecule has 5 nitrogen and oxygen atoms in total. The van der Waals surface area contributed by atoms with Crippen LogP contribution in [-0.4, -0.2) is 16.5 Å². The lowest BCUT2D eigenvalue weighted by atomic mass is 9.96. The summed E-state index contributed by atoms with van der Waals surface area (Å²) in [6.45, 7) is 5.14. The van der Waals surface area contributed by atoms with Gasteiger partial charge in [-0.2, -0.15) is 0 Å². The minimum absolute atomic E-state index is 0.789. The minimum Gasteiger partial charge on any atom is -0.454 e. The molecular weight excluding hydrogens is 494 g/mol. The molecule has 5 heteroatoms. The van der Waals surface area contributed by atoms with E-state index < -0.39 is 0 Å². The Hall–Kier alpha value is -5.42. The van der Waals surface area contributed by atoms with Crippen LogP contribution in [0.25, 0.3) is 61.4 Å². The first-order chi connectivity index (χ1) is 19.7. The van der Waals surface area contributed by atoms with Crippen LogP contribution < -0.4 is 5.32 Å². The van der Waals surface area contributed by atoms with Crippen LogP contribution in [0.5, 0.6) is 0 Å². The van der Waals surface area contributed by atoms with Gasteiger partial charge in [-0.3, -0.25) is 9.97 Å². The number of nitrogens with one attached hydrogen (secondary N) is 1. The minimum atomic E-state index is 0.789. The van der Waals surface area contributed by atoms with Gasteiger partial charge < -0.3 is 14.2 Å². The normalized spacial score (nSPS) is 14.8. The van der Waals surface area contributed by atoms with Crippen molar-refractivity contribution in [1.29, 1.82) is 0 Å². The predicted octanol–water partition coefficient (Wildman–Crippen LogP) is 8.82. The zero-order valence-electron chi connectivity index (χ0n) is 21.5. The molecule has 2 aliphatic rings. The summed E-state index contributed by atoms with van der Waals surface area (Å²) in [7, 11) is 0. The van der Waals surface area contributed by atoms with Gasteiger partial charge in [-0.25, -0.2) is 0 Å². The molecule has 5 heterocycles. The lowest BCUT2D eigenvalue weighted by Crippen LogP contribution is -2.02. The van der Waals surface area contributed by atoms with Crippen molar-refractivity contribution in [3.8, 4) is 11.1 Å². The summed E-state index contributed by atoms with van der Waals surface area (Å²) in [4.78, 5) is 9.29. The van der Waals surface area contributed by atoms with Gasteiger partial charge in [-0.15, -0.1) is 0 Å². The monoisotopic (exact) mass is 517 g/mol. The Morgan fingerprint density at radius 3 is 2.58 bits per heavy atom. The van der Waals surface area contributed by atoms with Crippen LogP contribution in [0.4, 0.5) is 5.69 Å². The van der Waals surface area contributed by atoms with Crippen molar-refractivity contribution in [2.75, 3.05) is 11.9 Å². The molecule has 6 aromatic rings. The SMILES string of the molecule is C=C1C=CC=C(c2ccc3oc4c(c3c2)NCC=C4)C=C1c1cc(-c2ccc3oc4cccnc4c3c2)ccn1. The molecule has 2 aromatic carbocycles. The highest BCUT2D eigenvalue weighted by Crippen LogP contribution is 2.38. The van der Waals surface area contributed by atoms with Gasteiger partial charge in [0.05, 0.1) is 11.4 Å². The molecule has 0 spiro atoms. The Morgan fingerprint density at radius 1 is 0.775 bits per heavy atom. The third kappa shape index (κ3) is 3.63. The molecule has 0 saturated heterocycles. The van der Waals surface area contributed by atoms with Crippen molar-refractivity contribution in [3.63, 3.8) is 0 Å². The van der Waals surface area contributed by atoms with Crippen molar-refractivity contribution >= 4 is 55.9 Å². The number of aromatic nitrogens is 2. The van der Waals surface area contributed by atoms with Crippen molar-refractivity contribution in [2.24, 2.45) is 0 Å². The molecule has 0 atom stereocenters. The molecule has 0 saturated carbocycles. The maximum Gasteiger partial charge on any atom is 0.153 e. The van der Waals surface area contributed by atoms with E-state index in [1.165, 1.54) is 0 Å². The summed E-state index contributed by atoms with van der Waals surface area (Å²) in [6, 6.07) is 20.5. The molecule has 8 rings (SSSR count). The third-order valence-electron chi connectivity index (χ3n) is 7.53. The van der Waals surface area contributed by atoms with E-state index in [-0.39, 0.29) is 0 Å². The third-order valence-corrected chi connectivity index (χ3v) is 7.53. The fraction of sp³-hybridized carbons (Fsp3) is 0.0286. The molecule has 4 aromatic heterocycles. The van der Waals surface area contributed by atoms with E-state index in [9.17, 15) is 0 Å². The first-order valence-corrected chi connectivity index (χ1v) is 13.2. The number of nitrogens with zero attached hydrogens (tertiary/aromatic N) is 2. The van der Waals surface area contributed by atoms with E-state index >= 15 is 0 Å². The number of hydrogen-bond acceptors (Lipinski definition) is 5. The first-order valence-electron chi connectivity index (χ1n) is 13.2. The number of pyridine rings is 2. The van der Waals surface area contributed by atoms with E-state index in [2.05, 4.69) is 65.4 Å². The van der Waals surface area contributed by atoms with Gasteiger partial charge in [0.25, 0.3) is 0 Å². The fourth-order valence-corrected chi connectivity index (χ4v) is 5.53. The second kappa shape index (κ2) is 8.82. The Morgan fingerprint density at radius 2 is 1.62 bits per heavy atom. The van der Waals surface area contributed by atoms with Crippen LogP contribution in [0.15, 0.2) is 124 Å². The summed E-state index contributed by atoms with van der Waals surface area (Å²) < 4.78 is 12.0. The maximum atomic E-state index is 6.03. The van der Waals surface area contributed by atoms with Crippen LogP contribution in [0, 0.1) is 0 Å². The lowest BCUT2D eigenvalue weighted by Gasteiger charge is -2.11. The highest BCUT2D eigenvalue weighted by atomic mass is 16.3. The van der Waals surface area contributed by atoms with Crippen LogP contribution >= 0.6 is 0 Å². The molecule has 0 bridgehead atoms. The Kier molecular flexibility index (Phi) is 4.97. The van der Waals surface area contributed by atoms with Gasteiger partial charge in [0.1, 0.15) is 16.7 Å². The van der Waals surface area contributed by atoms with Crippen LogP contribution in [-0.2, 0) is 0 Å². The first kappa shape index (κ1) is 22.6. The second-order valence-corrected chi connectivity index (χ2v) is 9.99. The number of anilines is 1. The average Bonchev–Trinajstić information content (AvgIpc) is 3.49. The van der Waals surface area contributed by atoms with Gasteiger partial charge in [-0.05, 0) is 88.5 Å². The van der Waals surface area contributed by atoms with Gasteiger partial charge in [0.15, 0.2) is 11.3 Å². The summed E-state index contributed by atoms with van der Waals surface area (Å²) in [6.07, 6.45) is 16.1. The number of benzene rings is 2. The maximum absolute atomic E-state index is 6.03. The molecule has 0 amide bonds. The molecule has 190 valence electrons. The largest absolute Gasteiger partial charge is 0.454 e. The van der Waals surface area contributed by atoms with Crippen LogP contribution in [0.1, 0.15) is 17.0 Å². The second-order valence-electron chi connectivity index (χ2n) is 9.99. The van der Waals surface area contributed by atoms with Crippen molar-refractivity contribution < 1.29 is 8.83 Å². The molecular formula is C35H23N3O2. The Bertz CT molecular complexity index is 2130. The molecule has 0 fully saturated rings. The Balaban J connectivity index is 1.20. The van der Waals surface area contributed by atoms with Crippen molar-refractivity contribution in [2.45, 2.75) is 0 Å². The average molecular weight is 518 g/mol. The van der Waals surface area contributed by atoms with E-state index in [1.54, 1.807) is 6.20 Å². The standard InChI is InChI=1S/C35H23N3O2/c1-21-5-2-6-22(23-9-11-30-27(18-23)34-32(39-30)7-3-14-37-34)17-26(21)29-20-25(13-16-36-29)24-10-12-31-28(19-24)35-33(40-31)8-4-15-38-35/h2-13,15-20,37H,1,14H2. The summed E-state index contributed by atoms with van der Waals surface area (Å²) in [5.41, 5.74) is 11.5. The van der Waals surface area contributed by atoms with Gasteiger partial charge in [0, 0.05) is 35.3 Å². The van der Waals surface area contributed by atoms with E-state index in [0.29, 0.717) is 0 Å². The van der Waals surface area contributed by atoms with E-state index in [4.69, 9.17) is 13.8 Å². The number of hydrogen-bond donors (Lipinski definition) is 1. The topological polar surface area (TPSA) is 64.1 Å². The summed E-state index contributed by atoms with van der Waals surface area (Å²) in [5.74, 6) is 0.871. The zero-order chi connectivity index (χ0) is 26.6. The molecule has 1 aliphatic heterocycles. The molecule has 40 heavy (non-hydrogen) atoms. The Labute approximate surface area is 230 Å². The molecule has 1 N–H and O–H groups in total. The van der Waals surface area contributed by atoms with Gasteiger partial charge >= 0.3 is 0 Å². The molecule has 0 radical (unpaired) electrons. The van der Waals surface area contributed by atoms with Crippen LogP contribution in [0.3, 0.4) is 0 Å². The van der Waals surface area contributed by atoms with Crippen LogP contribution in [0.2, 0.25) is 0 Å². The van der Waals surface area contributed by atoms with E-state index in [0.717, 1.165) is 90.1 Å². The predicted molar refractivity (Wildman–Crippen MR) is 163 cm³/mol. The van der Waals surface area contributed by atoms with Gasteiger partial charge in [0.2, 0.25) is 0 Å². The zero-order valence-corrected chi connectivity index (χ0v) is 21.5. The van der Waals surface area contributed by atoms with Gasteiger partial charge in [-0.1, -0.05) is 43.0 Å². The smallest absolute Gasteiger partial charge is 0.153 e. The molecule has 1 aliphatic carbocycles. The summed E-state index contributed by atoms with van der Waals surface area (Å²) in [5, 5.41) is 5.53. The highest BCUT2D eigenvalue weighted by molar-refractivity contribution is 6.04. The lowest BCUT2D eigenvalue weighted by molar-refractivity contribution is 0.604. The highest BCUT2D eigenvalue weighted by Gasteiger charge is 2.17. The number of allylic oxidation sites excluding steroid dienone is 7. The number of furan rings is 2. The number of rotatable bonds is 3. The van der Waals surface area contributed by atoms with Crippen molar-refractivity contribution in [1.82, 2.24) is 9.97 Å².